The van der Waals surface area contributed by atoms with Crippen LogP contribution in [-0.4, -0.2) is 87.1 Å². The summed E-state index contributed by atoms with van der Waals surface area (Å²) in [7, 11) is 1.51. The number of hydrogen-bond donors (Lipinski definition) is 0. The Bertz CT molecular complexity index is 918. The first-order valence-electron chi connectivity index (χ1n) is 11.5. The van der Waals surface area contributed by atoms with Crippen LogP contribution in [0.25, 0.3) is 0 Å². The summed E-state index contributed by atoms with van der Waals surface area (Å²) in [5.41, 5.74) is -0.683. The van der Waals surface area contributed by atoms with E-state index < -0.39 is 60.1 Å². The van der Waals surface area contributed by atoms with Crippen molar-refractivity contribution >= 4 is 11.8 Å². The summed E-state index contributed by atoms with van der Waals surface area (Å²) in [5.74, 6) is -2.12. The predicted molar refractivity (Wildman–Crippen MR) is 120 cm³/mol. The fourth-order valence-corrected chi connectivity index (χ4v) is 4.56. The average molecular weight is 493 g/mol. The molecule has 192 valence electrons. The SMILES string of the molecule is C=CCO[C@H]1[C@H](C)O[C@@H](OC[C@@]23CO[C@@H](OC)[C@@H]2OC(C)(C)O3)C(=O)[C@@H]1OC(=O)c1ccccc1. The average Bonchev–Trinajstić information content (AvgIpc) is 3.29. The van der Waals surface area contributed by atoms with Gasteiger partial charge in [0, 0.05) is 7.11 Å². The molecule has 4 rings (SSSR count). The third-order valence-electron chi connectivity index (χ3n) is 6.09. The highest BCUT2D eigenvalue weighted by Crippen LogP contribution is 2.44. The van der Waals surface area contributed by atoms with Gasteiger partial charge in [0.15, 0.2) is 18.2 Å². The Morgan fingerprint density at radius 3 is 2.66 bits per heavy atom. The molecule has 0 amide bonds. The predicted octanol–water partition coefficient (Wildman–Crippen LogP) is 2.01. The number of fused-ring (bicyclic) bond motifs is 1. The lowest BCUT2D eigenvalue weighted by molar-refractivity contribution is -0.253. The smallest absolute Gasteiger partial charge is 0.338 e. The van der Waals surface area contributed by atoms with Crippen molar-refractivity contribution in [1.29, 1.82) is 0 Å². The number of carbonyl (C=O) groups is 2. The molecule has 0 spiro atoms. The van der Waals surface area contributed by atoms with E-state index in [9.17, 15) is 9.59 Å². The topological polar surface area (TPSA) is 108 Å². The minimum Gasteiger partial charge on any atom is -0.448 e. The summed E-state index contributed by atoms with van der Waals surface area (Å²) >= 11 is 0. The largest absolute Gasteiger partial charge is 0.448 e. The fraction of sp³-hybridized carbons (Fsp3) is 0.600. The lowest BCUT2D eigenvalue weighted by atomic mass is 9.99. The summed E-state index contributed by atoms with van der Waals surface area (Å²) in [5, 5.41) is 0. The van der Waals surface area contributed by atoms with E-state index in [4.69, 9.17) is 37.9 Å². The highest BCUT2D eigenvalue weighted by atomic mass is 16.8. The lowest BCUT2D eigenvalue weighted by Gasteiger charge is -2.39. The highest BCUT2D eigenvalue weighted by Gasteiger charge is 2.62. The van der Waals surface area contributed by atoms with E-state index in [1.807, 2.05) is 0 Å². The molecule has 0 aliphatic carbocycles. The minimum atomic E-state index is -1.31. The van der Waals surface area contributed by atoms with Crippen LogP contribution in [0.1, 0.15) is 31.1 Å². The molecule has 3 heterocycles. The zero-order valence-corrected chi connectivity index (χ0v) is 20.3. The molecule has 35 heavy (non-hydrogen) atoms. The maximum absolute atomic E-state index is 13.4. The first-order chi connectivity index (χ1) is 16.7. The van der Waals surface area contributed by atoms with Gasteiger partial charge < -0.3 is 37.9 Å². The Kier molecular flexibility index (Phi) is 7.72. The summed E-state index contributed by atoms with van der Waals surface area (Å²) in [4.78, 5) is 26.1. The quantitative estimate of drug-likeness (QED) is 0.375. The number of ketones is 1. The molecule has 3 aliphatic heterocycles. The zero-order chi connectivity index (χ0) is 25.2. The summed E-state index contributed by atoms with van der Waals surface area (Å²) in [6, 6.07) is 8.41. The molecular formula is C25H32O10. The molecule has 0 unspecified atom stereocenters. The Labute approximate surface area is 204 Å². The summed E-state index contributed by atoms with van der Waals surface area (Å²) in [6.45, 7) is 9.15. The summed E-state index contributed by atoms with van der Waals surface area (Å²) < 4.78 is 46.3. The number of ether oxygens (including phenoxy) is 8. The van der Waals surface area contributed by atoms with Gasteiger partial charge in [0.1, 0.15) is 17.8 Å². The Hall–Kier alpha value is -2.18. The monoisotopic (exact) mass is 492 g/mol. The van der Waals surface area contributed by atoms with Crippen LogP contribution in [0.15, 0.2) is 43.0 Å². The first-order valence-corrected chi connectivity index (χ1v) is 11.5. The van der Waals surface area contributed by atoms with Crippen LogP contribution >= 0.6 is 0 Å². The van der Waals surface area contributed by atoms with E-state index in [1.165, 1.54) is 7.11 Å². The van der Waals surface area contributed by atoms with Crippen LogP contribution < -0.4 is 0 Å². The van der Waals surface area contributed by atoms with E-state index in [2.05, 4.69) is 6.58 Å². The van der Waals surface area contributed by atoms with Crippen molar-refractivity contribution in [2.24, 2.45) is 0 Å². The van der Waals surface area contributed by atoms with Gasteiger partial charge in [0.05, 0.1) is 31.5 Å². The zero-order valence-electron chi connectivity index (χ0n) is 20.3. The van der Waals surface area contributed by atoms with Crippen LogP contribution in [0.5, 0.6) is 0 Å². The molecule has 7 atom stereocenters. The van der Waals surface area contributed by atoms with Crippen LogP contribution in [0, 0.1) is 0 Å². The molecule has 3 aliphatic rings. The van der Waals surface area contributed by atoms with Crippen molar-refractivity contribution in [2.45, 2.75) is 69.2 Å². The van der Waals surface area contributed by atoms with E-state index in [0.717, 1.165) is 0 Å². The third kappa shape index (κ3) is 5.34. The second-order valence-electron chi connectivity index (χ2n) is 9.19. The summed E-state index contributed by atoms with van der Waals surface area (Å²) in [6.07, 6.45) is -3.67. The van der Waals surface area contributed by atoms with E-state index in [1.54, 1.807) is 57.2 Å². The Balaban J connectivity index is 1.50. The van der Waals surface area contributed by atoms with E-state index >= 15 is 0 Å². The fourth-order valence-electron chi connectivity index (χ4n) is 4.56. The van der Waals surface area contributed by atoms with E-state index in [-0.39, 0.29) is 19.8 Å². The number of rotatable bonds is 9. The highest BCUT2D eigenvalue weighted by molar-refractivity contribution is 5.94. The minimum absolute atomic E-state index is 0.0678. The third-order valence-corrected chi connectivity index (χ3v) is 6.09. The molecule has 10 heteroatoms. The number of esters is 1. The molecule has 3 saturated heterocycles. The molecule has 1 aromatic carbocycles. The number of benzene rings is 1. The number of methoxy groups -OCH3 is 1. The van der Waals surface area contributed by atoms with Crippen molar-refractivity contribution in [3.63, 3.8) is 0 Å². The maximum atomic E-state index is 13.4. The second kappa shape index (κ2) is 10.4. The van der Waals surface area contributed by atoms with Crippen LogP contribution in [0.2, 0.25) is 0 Å². The van der Waals surface area contributed by atoms with Crippen LogP contribution in [-0.2, 0) is 42.7 Å². The van der Waals surface area contributed by atoms with Gasteiger partial charge in [0.2, 0.25) is 12.1 Å². The van der Waals surface area contributed by atoms with Crippen LogP contribution in [0.4, 0.5) is 0 Å². The van der Waals surface area contributed by atoms with E-state index in [0.29, 0.717) is 5.56 Å². The van der Waals surface area contributed by atoms with Gasteiger partial charge in [0.25, 0.3) is 0 Å². The van der Waals surface area contributed by atoms with Gasteiger partial charge >= 0.3 is 5.97 Å². The number of hydrogen-bond acceptors (Lipinski definition) is 10. The van der Waals surface area contributed by atoms with Gasteiger partial charge in [-0.25, -0.2) is 4.79 Å². The van der Waals surface area contributed by atoms with Crippen LogP contribution in [0.3, 0.4) is 0 Å². The van der Waals surface area contributed by atoms with Gasteiger partial charge in [-0.3, -0.25) is 4.79 Å². The molecule has 10 nitrogen and oxygen atoms in total. The van der Waals surface area contributed by atoms with Crippen molar-refractivity contribution in [1.82, 2.24) is 0 Å². The van der Waals surface area contributed by atoms with Gasteiger partial charge in [-0.1, -0.05) is 24.3 Å². The molecule has 0 aromatic heterocycles. The number of carbonyl (C=O) groups excluding carboxylic acids is 2. The normalized spacial score (nSPS) is 36.1. The van der Waals surface area contributed by atoms with Crippen molar-refractivity contribution < 1.29 is 47.5 Å². The van der Waals surface area contributed by atoms with Crippen molar-refractivity contribution in [3.05, 3.63) is 48.6 Å². The number of Topliss-reactive ketones (excluding diaryl/α,β-unsaturated/α-hetero) is 1. The molecule has 0 bridgehead atoms. The molecule has 3 fully saturated rings. The van der Waals surface area contributed by atoms with Gasteiger partial charge in [-0.05, 0) is 32.9 Å². The van der Waals surface area contributed by atoms with Crippen molar-refractivity contribution in [3.8, 4) is 0 Å². The molecule has 1 aromatic rings. The second-order valence-corrected chi connectivity index (χ2v) is 9.19. The van der Waals surface area contributed by atoms with Gasteiger partial charge in [-0.15, -0.1) is 6.58 Å². The molecule has 0 N–H and O–H groups in total. The first kappa shape index (κ1) is 25.9. The molecule has 0 radical (unpaired) electrons. The standard InChI is InChI=1S/C25H32O10/c1-6-12-29-18-15(2)32-22(17(26)19(18)33-21(27)16-10-8-7-9-11-16)30-13-25-14-31-23(28-5)20(25)34-24(3,4)35-25/h6-11,15,18-20,22-23H,1,12-14H2,2-5H3/t15-,18-,19-,20-,22+,23+,25+/m0/s1. The Morgan fingerprint density at radius 2 is 1.97 bits per heavy atom. The molecule has 0 saturated carbocycles. The lowest BCUT2D eigenvalue weighted by Crippen LogP contribution is -2.58. The van der Waals surface area contributed by atoms with Gasteiger partial charge in [-0.2, -0.15) is 0 Å². The molecular weight excluding hydrogens is 460 g/mol. The maximum Gasteiger partial charge on any atom is 0.338 e. The van der Waals surface area contributed by atoms with Crippen molar-refractivity contribution in [2.75, 3.05) is 26.9 Å². The Morgan fingerprint density at radius 1 is 1.23 bits per heavy atom.